The number of H-pyrrole nitrogens is 1. The molecule has 1 amide bonds. The van der Waals surface area contributed by atoms with E-state index in [1.165, 1.54) is 0 Å². The van der Waals surface area contributed by atoms with Crippen molar-refractivity contribution in [1.29, 1.82) is 0 Å². The average molecular weight is 269 g/mol. The van der Waals surface area contributed by atoms with Crippen molar-refractivity contribution in [2.24, 2.45) is 0 Å². The quantitative estimate of drug-likeness (QED) is 0.848. The molecule has 1 N–H and O–H groups in total. The smallest absolute Gasteiger partial charge is 0.246 e. The van der Waals surface area contributed by atoms with Gasteiger partial charge in [-0.05, 0) is 19.9 Å². The van der Waals surface area contributed by atoms with Gasteiger partial charge in [0.1, 0.15) is 5.82 Å². The van der Waals surface area contributed by atoms with Gasteiger partial charge >= 0.3 is 0 Å². The SMILES string of the molecule is CCN(CC)C(=O)/C=C/c1cnc(-c2ccccc2)[nH]1. The van der Waals surface area contributed by atoms with Crippen LogP contribution in [0.25, 0.3) is 17.5 Å². The van der Waals surface area contributed by atoms with Crippen LogP contribution in [0.2, 0.25) is 0 Å². The predicted octanol–water partition coefficient (Wildman–Crippen LogP) is 2.96. The van der Waals surface area contributed by atoms with E-state index < -0.39 is 0 Å². The van der Waals surface area contributed by atoms with Gasteiger partial charge in [-0.1, -0.05) is 30.3 Å². The van der Waals surface area contributed by atoms with Crippen molar-refractivity contribution >= 4 is 12.0 Å². The van der Waals surface area contributed by atoms with Crippen LogP contribution in [0.4, 0.5) is 0 Å². The molecule has 4 heteroatoms. The minimum Gasteiger partial charge on any atom is -0.340 e. The number of carbonyl (C=O) groups excluding carboxylic acids is 1. The Kier molecular flexibility index (Phi) is 4.71. The molecule has 1 aromatic carbocycles. The monoisotopic (exact) mass is 269 g/mol. The highest BCUT2D eigenvalue weighted by molar-refractivity contribution is 5.91. The molecule has 0 unspecified atom stereocenters. The first-order chi connectivity index (χ1) is 9.74. The normalized spacial score (nSPS) is 10.9. The van der Waals surface area contributed by atoms with Gasteiger partial charge in [-0.15, -0.1) is 0 Å². The molecule has 0 bridgehead atoms. The van der Waals surface area contributed by atoms with E-state index in [2.05, 4.69) is 9.97 Å². The number of hydrogen-bond donors (Lipinski definition) is 1. The molecule has 0 saturated heterocycles. The van der Waals surface area contributed by atoms with Gasteiger partial charge < -0.3 is 9.88 Å². The van der Waals surface area contributed by atoms with Crippen LogP contribution in [0.15, 0.2) is 42.6 Å². The second-order valence-corrected chi connectivity index (χ2v) is 4.40. The fourth-order valence-corrected chi connectivity index (χ4v) is 1.96. The molecule has 0 spiro atoms. The van der Waals surface area contributed by atoms with Crippen molar-refractivity contribution in [3.63, 3.8) is 0 Å². The Morgan fingerprint density at radius 1 is 1.25 bits per heavy atom. The van der Waals surface area contributed by atoms with Crippen LogP contribution in [0.5, 0.6) is 0 Å². The van der Waals surface area contributed by atoms with Gasteiger partial charge in [-0.2, -0.15) is 0 Å². The van der Waals surface area contributed by atoms with Crippen molar-refractivity contribution in [1.82, 2.24) is 14.9 Å². The molecule has 0 aliphatic carbocycles. The maximum Gasteiger partial charge on any atom is 0.246 e. The Labute approximate surface area is 119 Å². The molecule has 20 heavy (non-hydrogen) atoms. The zero-order valence-electron chi connectivity index (χ0n) is 11.8. The Bertz CT molecular complexity index is 583. The van der Waals surface area contributed by atoms with Gasteiger partial charge in [0.05, 0.1) is 11.9 Å². The number of hydrogen-bond acceptors (Lipinski definition) is 2. The van der Waals surface area contributed by atoms with Crippen molar-refractivity contribution in [2.75, 3.05) is 13.1 Å². The van der Waals surface area contributed by atoms with Gasteiger partial charge in [0.15, 0.2) is 0 Å². The third kappa shape index (κ3) is 3.35. The Morgan fingerprint density at radius 3 is 2.60 bits per heavy atom. The van der Waals surface area contributed by atoms with E-state index in [0.29, 0.717) is 0 Å². The Hall–Kier alpha value is -2.36. The summed E-state index contributed by atoms with van der Waals surface area (Å²) in [7, 11) is 0. The molecule has 0 radical (unpaired) electrons. The zero-order valence-corrected chi connectivity index (χ0v) is 11.8. The zero-order chi connectivity index (χ0) is 14.4. The van der Waals surface area contributed by atoms with Crippen LogP contribution in [0.1, 0.15) is 19.5 Å². The summed E-state index contributed by atoms with van der Waals surface area (Å²) in [5.74, 6) is 0.825. The number of benzene rings is 1. The standard InChI is InChI=1S/C16H19N3O/c1-3-19(4-2)15(20)11-10-14-12-17-16(18-14)13-8-6-5-7-9-13/h5-12H,3-4H2,1-2H3,(H,17,18)/b11-10+. The molecule has 0 aliphatic heterocycles. The van der Waals surface area contributed by atoms with Crippen molar-refractivity contribution in [3.05, 3.63) is 48.3 Å². The molecule has 0 saturated carbocycles. The number of aromatic amines is 1. The van der Waals surface area contributed by atoms with Crippen molar-refractivity contribution in [3.8, 4) is 11.4 Å². The molecule has 0 atom stereocenters. The van der Waals surface area contributed by atoms with Crippen LogP contribution < -0.4 is 0 Å². The fraction of sp³-hybridized carbons (Fsp3) is 0.250. The first-order valence-corrected chi connectivity index (χ1v) is 6.82. The summed E-state index contributed by atoms with van der Waals surface area (Å²) >= 11 is 0. The molecule has 2 rings (SSSR count). The third-order valence-electron chi connectivity index (χ3n) is 3.12. The van der Waals surface area contributed by atoms with E-state index in [1.807, 2.05) is 44.2 Å². The molecule has 1 heterocycles. The summed E-state index contributed by atoms with van der Waals surface area (Å²) in [5, 5.41) is 0. The number of nitrogens with zero attached hydrogens (tertiary/aromatic N) is 2. The van der Waals surface area contributed by atoms with E-state index in [-0.39, 0.29) is 5.91 Å². The number of imidazole rings is 1. The number of carbonyl (C=O) groups is 1. The molecule has 2 aromatic rings. The summed E-state index contributed by atoms with van der Waals surface area (Å²) in [6.07, 6.45) is 5.07. The molecular weight excluding hydrogens is 250 g/mol. The fourth-order valence-electron chi connectivity index (χ4n) is 1.96. The van der Waals surface area contributed by atoms with Crippen molar-refractivity contribution in [2.45, 2.75) is 13.8 Å². The van der Waals surface area contributed by atoms with E-state index in [9.17, 15) is 4.79 Å². The lowest BCUT2D eigenvalue weighted by Crippen LogP contribution is -2.28. The highest BCUT2D eigenvalue weighted by Gasteiger charge is 2.05. The second kappa shape index (κ2) is 6.70. The van der Waals surface area contributed by atoms with Crippen LogP contribution >= 0.6 is 0 Å². The summed E-state index contributed by atoms with van der Waals surface area (Å²) in [4.78, 5) is 21.1. The van der Waals surface area contributed by atoms with Gasteiger partial charge in [0.25, 0.3) is 0 Å². The number of likely N-dealkylation sites (N-methyl/N-ethyl adjacent to an activating group) is 1. The molecule has 0 aliphatic rings. The van der Waals surface area contributed by atoms with Gasteiger partial charge in [-0.3, -0.25) is 4.79 Å². The summed E-state index contributed by atoms with van der Waals surface area (Å²) in [6, 6.07) is 9.89. The minimum atomic E-state index is 0.0193. The first-order valence-electron chi connectivity index (χ1n) is 6.82. The number of amides is 1. The van der Waals surface area contributed by atoms with Crippen LogP contribution in [-0.2, 0) is 4.79 Å². The first kappa shape index (κ1) is 14.1. The lowest BCUT2D eigenvalue weighted by atomic mass is 10.2. The topological polar surface area (TPSA) is 49.0 Å². The number of rotatable bonds is 5. The summed E-state index contributed by atoms with van der Waals surface area (Å²) in [6.45, 7) is 5.38. The van der Waals surface area contributed by atoms with Crippen LogP contribution in [0.3, 0.4) is 0 Å². The van der Waals surface area contributed by atoms with Gasteiger partial charge in [0, 0.05) is 24.7 Å². The molecular formula is C16H19N3O. The molecule has 104 valence electrons. The minimum absolute atomic E-state index is 0.0193. The largest absolute Gasteiger partial charge is 0.340 e. The van der Waals surface area contributed by atoms with E-state index in [4.69, 9.17) is 0 Å². The number of nitrogens with one attached hydrogen (secondary N) is 1. The third-order valence-corrected chi connectivity index (χ3v) is 3.12. The lowest BCUT2D eigenvalue weighted by Gasteiger charge is -2.15. The van der Waals surface area contributed by atoms with E-state index >= 15 is 0 Å². The van der Waals surface area contributed by atoms with Gasteiger partial charge in [0.2, 0.25) is 5.91 Å². The predicted molar refractivity (Wildman–Crippen MR) is 81.0 cm³/mol. The summed E-state index contributed by atoms with van der Waals surface area (Å²) < 4.78 is 0. The maximum absolute atomic E-state index is 11.9. The second-order valence-electron chi connectivity index (χ2n) is 4.40. The summed E-state index contributed by atoms with van der Waals surface area (Å²) in [5.41, 5.74) is 1.85. The van der Waals surface area contributed by atoms with Gasteiger partial charge in [-0.25, -0.2) is 4.98 Å². The lowest BCUT2D eigenvalue weighted by molar-refractivity contribution is -0.125. The molecule has 4 nitrogen and oxygen atoms in total. The maximum atomic E-state index is 11.9. The van der Waals surface area contributed by atoms with E-state index in [0.717, 1.165) is 30.2 Å². The highest BCUT2D eigenvalue weighted by Crippen LogP contribution is 2.15. The average Bonchev–Trinajstić information content (AvgIpc) is 2.96. The molecule has 0 fully saturated rings. The number of aromatic nitrogens is 2. The van der Waals surface area contributed by atoms with Crippen molar-refractivity contribution < 1.29 is 4.79 Å². The highest BCUT2D eigenvalue weighted by atomic mass is 16.2. The van der Waals surface area contributed by atoms with Crippen LogP contribution in [0, 0.1) is 0 Å². The Balaban J connectivity index is 2.08. The Morgan fingerprint density at radius 2 is 1.95 bits per heavy atom. The van der Waals surface area contributed by atoms with E-state index in [1.54, 1.807) is 23.2 Å². The van der Waals surface area contributed by atoms with Crippen LogP contribution in [-0.4, -0.2) is 33.9 Å². The molecule has 1 aromatic heterocycles.